The van der Waals surface area contributed by atoms with E-state index in [9.17, 15) is 27.2 Å². The fraction of sp³-hybridized carbons (Fsp3) is 0.316. The summed E-state index contributed by atoms with van der Waals surface area (Å²) in [5.74, 6) is -1.93. The normalized spacial score (nSPS) is 11.7. The third-order valence-corrected chi connectivity index (χ3v) is 5.08. The van der Waals surface area contributed by atoms with Gasteiger partial charge in [-0.2, -0.15) is 13.2 Å². The number of benzene rings is 1. The third-order valence-electron chi connectivity index (χ3n) is 4.13. The van der Waals surface area contributed by atoms with Crippen LogP contribution in [0.2, 0.25) is 0 Å². The SMILES string of the molecule is CCNC(=O)c1c(OCC)sc2nc(Cc3cccc(C(F)(F)F)c3F)cc(=O)n12. The molecule has 0 radical (unpaired) electrons. The molecule has 2 heterocycles. The van der Waals surface area contributed by atoms with Gasteiger partial charge in [-0.15, -0.1) is 0 Å². The summed E-state index contributed by atoms with van der Waals surface area (Å²) in [6.07, 6.45) is -5.15. The second-order valence-corrected chi connectivity index (χ2v) is 7.13. The molecule has 1 N–H and O–H groups in total. The van der Waals surface area contributed by atoms with Crippen LogP contribution < -0.4 is 15.6 Å². The molecular formula is C19H17F4N3O3S. The standard InChI is InChI=1S/C19H17F4N3O3S/c1-3-24-16(28)15-17(29-4-2)30-18-25-11(9-13(27)26(15)18)8-10-6-5-7-12(14(10)20)19(21,22)23/h5-7,9H,3-4,8H2,1-2H3,(H,24,28). The molecule has 0 aliphatic rings. The van der Waals surface area contributed by atoms with E-state index in [0.717, 1.165) is 27.9 Å². The van der Waals surface area contributed by atoms with Crippen LogP contribution in [-0.2, 0) is 12.6 Å². The summed E-state index contributed by atoms with van der Waals surface area (Å²) >= 11 is 0.948. The number of nitrogens with one attached hydrogen (secondary N) is 1. The van der Waals surface area contributed by atoms with Crippen molar-refractivity contribution in [3.63, 3.8) is 0 Å². The van der Waals surface area contributed by atoms with E-state index in [1.54, 1.807) is 13.8 Å². The first-order chi connectivity index (χ1) is 14.2. The Balaban J connectivity index is 2.08. The maximum Gasteiger partial charge on any atom is 0.419 e. The maximum absolute atomic E-state index is 14.3. The quantitative estimate of drug-likeness (QED) is 0.591. The minimum Gasteiger partial charge on any atom is -0.482 e. The zero-order valence-electron chi connectivity index (χ0n) is 16.0. The van der Waals surface area contributed by atoms with Gasteiger partial charge in [-0.25, -0.2) is 13.8 Å². The van der Waals surface area contributed by atoms with Crippen LogP contribution in [0.4, 0.5) is 17.6 Å². The average molecular weight is 443 g/mol. The van der Waals surface area contributed by atoms with Crippen molar-refractivity contribution in [1.82, 2.24) is 14.7 Å². The van der Waals surface area contributed by atoms with Gasteiger partial charge in [0.15, 0.2) is 5.69 Å². The van der Waals surface area contributed by atoms with E-state index in [1.165, 1.54) is 6.07 Å². The molecule has 1 aromatic carbocycles. The lowest BCUT2D eigenvalue weighted by molar-refractivity contribution is -0.140. The highest BCUT2D eigenvalue weighted by molar-refractivity contribution is 7.19. The molecule has 0 spiro atoms. The Hall–Kier alpha value is -2.95. The number of fused-ring (bicyclic) bond motifs is 1. The molecule has 3 aromatic rings. The summed E-state index contributed by atoms with van der Waals surface area (Å²) in [7, 11) is 0. The highest BCUT2D eigenvalue weighted by atomic mass is 32.1. The molecule has 160 valence electrons. The summed E-state index contributed by atoms with van der Waals surface area (Å²) in [5.41, 5.74) is -2.18. The van der Waals surface area contributed by atoms with Crippen LogP contribution in [0, 0.1) is 5.82 Å². The van der Waals surface area contributed by atoms with E-state index in [1.807, 2.05) is 0 Å². The summed E-state index contributed by atoms with van der Waals surface area (Å²) in [6, 6.07) is 4.01. The van der Waals surface area contributed by atoms with Gasteiger partial charge in [0.25, 0.3) is 11.5 Å². The molecule has 30 heavy (non-hydrogen) atoms. The van der Waals surface area contributed by atoms with Crippen LogP contribution in [0.5, 0.6) is 5.06 Å². The molecule has 0 bridgehead atoms. The van der Waals surface area contributed by atoms with Gasteiger partial charge in [-0.1, -0.05) is 23.5 Å². The fourth-order valence-electron chi connectivity index (χ4n) is 2.89. The molecule has 11 heteroatoms. The average Bonchev–Trinajstić information content (AvgIpc) is 3.01. The Labute approximate surface area is 172 Å². The monoisotopic (exact) mass is 443 g/mol. The van der Waals surface area contributed by atoms with Crippen molar-refractivity contribution in [2.24, 2.45) is 0 Å². The van der Waals surface area contributed by atoms with E-state index in [0.29, 0.717) is 12.6 Å². The van der Waals surface area contributed by atoms with Crippen molar-refractivity contribution in [3.05, 3.63) is 63.0 Å². The molecule has 1 amide bonds. The fourth-order valence-corrected chi connectivity index (χ4v) is 3.95. The van der Waals surface area contributed by atoms with E-state index < -0.39 is 29.0 Å². The first-order valence-electron chi connectivity index (χ1n) is 8.98. The van der Waals surface area contributed by atoms with E-state index in [2.05, 4.69) is 10.3 Å². The van der Waals surface area contributed by atoms with Gasteiger partial charge in [0, 0.05) is 19.0 Å². The zero-order valence-corrected chi connectivity index (χ0v) is 16.8. The third kappa shape index (κ3) is 4.16. The minimum atomic E-state index is -4.83. The predicted octanol–water partition coefficient (Wildman–Crippen LogP) is 3.65. The van der Waals surface area contributed by atoms with Crippen molar-refractivity contribution in [2.75, 3.05) is 13.2 Å². The van der Waals surface area contributed by atoms with Crippen LogP contribution in [0.1, 0.15) is 41.2 Å². The van der Waals surface area contributed by atoms with Gasteiger partial charge in [-0.3, -0.25) is 9.59 Å². The van der Waals surface area contributed by atoms with Crippen molar-refractivity contribution < 1.29 is 27.1 Å². The molecule has 0 atom stereocenters. The van der Waals surface area contributed by atoms with Gasteiger partial charge in [0.1, 0.15) is 5.82 Å². The lowest BCUT2D eigenvalue weighted by Gasteiger charge is -2.11. The van der Waals surface area contributed by atoms with E-state index in [-0.39, 0.29) is 40.0 Å². The predicted molar refractivity (Wildman–Crippen MR) is 103 cm³/mol. The number of thiazole rings is 1. The van der Waals surface area contributed by atoms with Crippen molar-refractivity contribution in [2.45, 2.75) is 26.4 Å². The molecule has 0 saturated heterocycles. The maximum atomic E-state index is 14.3. The van der Waals surface area contributed by atoms with Crippen molar-refractivity contribution in [3.8, 4) is 5.06 Å². The number of carbonyl (C=O) groups is 1. The first-order valence-corrected chi connectivity index (χ1v) is 9.80. The van der Waals surface area contributed by atoms with Crippen LogP contribution >= 0.6 is 11.3 Å². The van der Waals surface area contributed by atoms with E-state index >= 15 is 0 Å². The molecule has 6 nitrogen and oxygen atoms in total. The van der Waals surface area contributed by atoms with Gasteiger partial charge < -0.3 is 10.1 Å². The van der Waals surface area contributed by atoms with Crippen LogP contribution in [0.3, 0.4) is 0 Å². The number of nitrogens with zero attached hydrogens (tertiary/aromatic N) is 2. The first kappa shape index (κ1) is 21.8. The molecule has 0 aliphatic heterocycles. The molecule has 0 unspecified atom stereocenters. The number of halogens is 4. The summed E-state index contributed by atoms with van der Waals surface area (Å²) < 4.78 is 59.7. The summed E-state index contributed by atoms with van der Waals surface area (Å²) in [4.78, 5) is 29.4. The second kappa shape index (κ2) is 8.42. The number of hydrogen-bond donors (Lipinski definition) is 1. The van der Waals surface area contributed by atoms with Gasteiger partial charge in [0.05, 0.1) is 17.9 Å². The minimum absolute atomic E-state index is 0.00648. The number of amides is 1. The molecule has 0 saturated carbocycles. The Kier molecular flexibility index (Phi) is 6.11. The van der Waals surface area contributed by atoms with Gasteiger partial charge in [-0.05, 0) is 25.5 Å². The highest BCUT2D eigenvalue weighted by Crippen LogP contribution is 2.33. The number of carbonyl (C=O) groups excluding carboxylic acids is 1. The summed E-state index contributed by atoms with van der Waals surface area (Å²) in [6.45, 7) is 4.01. The van der Waals surface area contributed by atoms with Crippen LogP contribution in [0.25, 0.3) is 4.96 Å². The Morgan fingerprint density at radius 1 is 1.30 bits per heavy atom. The molecule has 0 fully saturated rings. The summed E-state index contributed by atoms with van der Waals surface area (Å²) in [5, 5.41) is 2.78. The van der Waals surface area contributed by atoms with Crippen molar-refractivity contribution >= 4 is 22.2 Å². The molecule has 0 aliphatic carbocycles. The number of rotatable bonds is 6. The number of alkyl halides is 3. The number of aromatic nitrogens is 2. The Bertz CT molecular complexity index is 1150. The zero-order chi connectivity index (χ0) is 22.1. The number of ether oxygens (including phenoxy) is 1. The van der Waals surface area contributed by atoms with Gasteiger partial charge >= 0.3 is 6.18 Å². The Morgan fingerprint density at radius 3 is 2.67 bits per heavy atom. The topological polar surface area (TPSA) is 72.7 Å². The second-order valence-electron chi connectivity index (χ2n) is 6.19. The lowest BCUT2D eigenvalue weighted by atomic mass is 10.0. The van der Waals surface area contributed by atoms with Crippen molar-refractivity contribution in [1.29, 1.82) is 0 Å². The van der Waals surface area contributed by atoms with E-state index in [4.69, 9.17) is 4.74 Å². The lowest BCUT2D eigenvalue weighted by Crippen LogP contribution is -2.28. The molecule has 2 aromatic heterocycles. The molecular weight excluding hydrogens is 426 g/mol. The van der Waals surface area contributed by atoms with Crippen LogP contribution in [0.15, 0.2) is 29.1 Å². The van der Waals surface area contributed by atoms with Gasteiger partial charge in [0.2, 0.25) is 10.0 Å². The Morgan fingerprint density at radius 2 is 2.03 bits per heavy atom. The van der Waals surface area contributed by atoms with Crippen LogP contribution in [-0.4, -0.2) is 28.4 Å². The largest absolute Gasteiger partial charge is 0.482 e. The number of hydrogen-bond acceptors (Lipinski definition) is 5. The highest BCUT2D eigenvalue weighted by Gasteiger charge is 2.34. The smallest absolute Gasteiger partial charge is 0.419 e. The molecule has 3 rings (SSSR count).